The lowest BCUT2D eigenvalue weighted by molar-refractivity contribution is -0.142. The molecule has 2 aromatic carbocycles. The van der Waals surface area contributed by atoms with Crippen molar-refractivity contribution in [3.05, 3.63) is 64.7 Å². The molecular weight excluding hydrogens is 370 g/mol. The van der Waals surface area contributed by atoms with E-state index in [4.69, 9.17) is 15.2 Å². The Balaban J connectivity index is 2.33. The third-order valence-corrected chi connectivity index (χ3v) is 4.48. The van der Waals surface area contributed by atoms with Crippen molar-refractivity contribution < 1.29 is 23.9 Å². The third-order valence-electron chi connectivity index (χ3n) is 4.48. The van der Waals surface area contributed by atoms with Crippen LogP contribution in [0.3, 0.4) is 0 Å². The zero-order valence-electron chi connectivity index (χ0n) is 17.4. The lowest BCUT2D eigenvalue weighted by Crippen LogP contribution is -2.42. The topological polar surface area (TPSA) is 95.7 Å². The van der Waals surface area contributed by atoms with Gasteiger partial charge in [0.05, 0.1) is 11.6 Å². The number of rotatable bonds is 6. The van der Waals surface area contributed by atoms with Gasteiger partial charge in [0.25, 0.3) is 0 Å². The fourth-order valence-electron chi connectivity index (χ4n) is 2.55. The molecule has 0 saturated carbocycles. The van der Waals surface area contributed by atoms with E-state index in [1.54, 1.807) is 24.3 Å². The van der Waals surface area contributed by atoms with Crippen molar-refractivity contribution in [2.45, 2.75) is 47.3 Å². The van der Waals surface area contributed by atoms with Gasteiger partial charge in [-0.2, -0.15) is 0 Å². The number of hydrogen-bond donors (Lipinski definition) is 1. The minimum absolute atomic E-state index is 0.127. The Morgan fingerprint density at radius 3 is 2.14 bits per heavy atom. The molecule has 0 amide bonds. The minimum atomic E-state index is -0.704. The number of esters is 2. The van der Waals surface area contributed by atoms with E-state index in [-0.39, 0.29) is 18.1 Å². The first-order valence-electron chi connectivity index (χ1n) is 9.34. The van der Waals surface area contributed by atoms with E-state index in [1.165, 1.54) is 13.0 Å². The Hall–Kier alpha value is -2.99. The predicted octanol–water partition coefficient (Wildman–Crippen LogP) is 3.83. The standard InChI is InChI=1S/C23H27NO5/c1-14-6-8-16(9-7-14)22(27)29-19-11-10-17(12-18(19)13-28-15(2)25)20(26)21(24)23(3,4)5/h6-12,21H,13,24H2,1-5H3. The number of Topliss-reactive ketones (excluding diaryl/α,β-unsaturated/α-hetero) is 1. The molecular formula is C23H27NO5. The highest BCUT2D eigenvalue weighted by Crippen LogP contribution is 2.26. The van der Waals surface area contributed by atoms with Crippen LogP contribution in [0.15, 0.2) is 42.5 Å². The van der Waals surface area contributed by atoms with E-state index in [2.05, 4.69) is 0 Å². The number of ketones is 1. The van der Waals surface area contributed by atoms with Crippen LogP contribution in [0.4, 0.5) is 0 Å². The molecule has 0 aliphatic rings. The highest BCUT2D eigenvalue weighted by Gasteiger charge is 2.29. The molecule has 29 heavy (non-hydrogen) atoms. The number of nitrogens with two attached hydrogens (primary N) is 1. The summed E-state index contributed by atoms with van der Waals surface area (Å²) >= 11 is 0. The second-order valence-electron chi connectivity index (χ2n) is 8.07. The highest BCUT2D eigenvalue weighted by molar-refractivity contribution is 6.01. The number of hydrogen-bond acceptors (Lipinski definition) is 6. The van der Waals surface area contributed by atoms with Gasteiger partial charge < -0.3 is 15.2 Å². The Labute approximate surface area is 171 Å². The second kappa shape index (κ2) is 9.01. The van der Waals surface area contributed by atoms with Crippen molar-refractivity contribution in [3.63, 3.8) is 0 Å². The number of carbonyl (C=O) groups is 3. The molecule has 0 aromatic heterocycles. The molecule has 0 aliphatic heterocycles. The second-order valence-corrected chi connectivity index (χ2v) is 8.07. The quantitative estimate of drug-likeness (QED) is 0.452. The maximum Gasteiger partial charge on any atom is 0.343 e. The highest BCUT2D eigenvalue weighted by atomic mass is 16.5. The summed E-state index contributed by atoms with van der Waals surface area (Å²) in [6, 6.07) is 10.9. The first kappa shape index (κ1) is 22.3. The number of benzene rings is 2. The Bertz CT molecular complexity index is 910. The largest absolute Gasteiger partial charge is 0.461 e. The molecule has 1 atom stereocenters. The smallest absolute Gasteiger partial charge is 0.343 e. The monoisotopic (exact) mass is 397 g/mol. The SMILES string of the molecule is CC(=O)OCc1cc(C(=O)C(N)C(C)(C)C)ccc1OC(=O)c1ccc(C)cc1. The van der Waals surface area contributed by atoms with Crippen molar-refractivity contribution >= 4 is 17.7 Å². The third kappa shape index (κ3) is 5.99. The lowest BCUT2D eigenvalue weighted by atomic mass is 9.82. The minimum Gasteiger partial charge on any atom is -0.461 e. The van der Waals surface area contributed by atoms with E-state index >= 15 is 0 Å². The van der Waals surface area contributed by atoms with Gasteiger partial charge in [-0.1, -0.05) is 38.5 Å². The normalized spacial score (nSPS) is 12.2. The summed E-state index contributed by atoms with van der Waals surface area (Å²) in [4.78, 5) is 36.4. The van der Waals surface area contributed by atoms with Gasteiger partial charge in [0.1, 0.15) is 12.4 Å². The number of carbonyl (C=O) groups excluding carboxylic acids is 3. The van der Waals surface area contributed by atoms with Gasteiger partial charge >= 0.3 is 11.9 Å². The van der Waals surface area contributed by atoms with Crippen LogP contribution in [0, 0.1) is 12.3 Å². The molecule has 6 heteroatoms. The molecule has 2 N–H and O–H groups in total. The van der Waals surface area contributed by atoms with E-state index < -0.39 is 23.4 Å². The van der Waals surface area contributed by atoms with Gasteiger partial charge in [0.2, 0.25) is 0 Å². The summed E-state index contributed by atoms with van der Waals surface area (Å²) < 4.78 is 10.6. The fraction of sp³-hybridized carbons (Fsp3) is 0.348. The van der Waals surface area contributed by atoms with Crippen molar-refractivity contribution in [1.82, 2.24) is 0 Å². The van der Waals surface area contributed by atoms with Crippen molar-refractivity contribution in [1.29, 1.82) is 0 Å². The van der Waals surface area contributed by atoms with E-state index in [0.29, 0.717) is 16.7 Å². The van der Waals surface area contributed by atoms with Gasteiger partial charge in [-0.05, 0) is 42.7 Å². The maximum absolute atomic E-state index is 12.7. The zero-order chi connectivity index (χ0) is 21.8. The number of ether oxygens (including phenoxy) is 2. The fourth-order valence-corrected chi connectivity index (χ4v) is 2.55. The van der Waals surface area contributed by atoms with E-state index in [0.717, 1.165) is 5.56 Å². The molecule has 154 valence electrons. The van der Waals surface area contributed by atoms with Gasteiger partial charge in [-0.25, -0.2) is 4.79 Å². The van der Waals surface area contributed by atoms with Crippen LogP contribution >= 0.6 is 0 Å². The van der Waals surface area contributed by atoms with Crippen molar-refractivity contribution in [2.75, 3.05) is 0 Å². The summed E-state index contributed by atoms with van der Waals surface area (Å²) in [5.41, 5.74) is 7.86. The molecule has 2 rings (SSSR count). The van der Waals surface area contributed by atoms with Gasteiger partial charge in [0.15, 0.2) is 5.78 Å². The van der Waals surface area contributed by atoms with Crippen LogP contribution in [0.1, 0.15) is 59.5 Å². The summed E-state index contributed by atoms with van der Waals surface area (Å²) in [6.07, 6.45) is 0. The van der Waals surface area contributed by atoms with Crippen LogP contribution < -0.4 is 10.5 Å². The van der Waals surface area contributed by atoms with Crippen molar-refractivity contribution in [3.8, 4) is 5.75 Å². The molecule has 0 bridgehead atoms. The van der Waals surface area contributed by atoms with Crippen LogP contribution in [-0.4, -0.2) is 23.8 Å². The number of aryl methyl sites for hydroxylation is 1. The summed E-state index contributed by atoms with van der Waals surface area (Å²) in [7, 11) is 0. The van der Waals surface area contributed by atoms with Gasteiger partial charge in [0, 0.05) is 18.1 Å². The zero-order valence-corrected chi connectivity index (χ0v) is 17.4. The van der Waals surface area contributed by atoms with Crippen LogP contribution in [0.2, 0.25) is 0 Å². The molecule has 6 nitrogen and oxygen atoms in total. The molecule has 0 spiro atoms. The lowest BCUT2D eigenvalue weighted by Gasteiger charge is -2.26. The molecule has 0 saturated heterocycles. The Kier molecular flexibility index (Phi) is 6.93. The maximum atomic E-state index is 12.7. The Morgan fingerprint density at radius 2 is 1.59 bits per heavy atom. The molecule has 2 aromatic rings. The Morgan fingerprint density at radius 1 is 1.00 bits per heavy atom. The van der Waals surface area contributed by atoms with Crippen molar-refractivity contribution in [2.24, 2.45) is 11.1 Å². The molecule has 0 aliphatic carbocycles. The van der Waals surface area contributed by atoms with Crippen LogP contribution in [0.25, 0.3) is 0 Å². The first-order valence-corrected chi connectivity index (χ1v) is 9.34. The van der Waals surface area contributed by atoms with Gasteiger partial charge in [-0.15, -0.1) is 0 Å². The average Bonchev–Trinajstić information content (AvgIpc) is 2.65. The average molecular weight is 397 g/mol. The van der Waals surface area contributed by atoms with Crippen LogP contribution in [0.5, 0.6) is 5.75 Å². The first-order chi connectivity index (χ1) is 13.5. The van der Waals surface area contributed by atoms with Gasteiger partial charge in [-0.3, -0.25) is 9.59 Å². The van der Waals surface area contributed by atoms with E-state index in [1.807, 2.05) is 39.8 Å². The summed E-state index contributed by atoms with van der Waals surface area (Å²) in [5.74, 6) is -1.04. The molecule has 0 heterocycles. The van der Waals surface area contributed by atoms with E-state index in [9.17, 15) is 14.4 Å². The molecule has 1 unspecified atom stereocenters. The molecule has 0 radical (unpaired) electrons. The summed E-state index contributed by atoms with van der Waals surface area (Å²) in [6.45, 7) is 8.72. The predicted molar refractivity (Wildman–Crippen MR) is 110 cm³/mol. The molecule has 0 fully saturated rings. The van der Waals surface area contributed by atoms with Crippen LogP contribution in [-0.2, 0) is 16.1 Å². The summed E-state index contributed by atoms with van der Waals surface area (Å²) in [5, 5.41) is 0.